The lowest BCUT2D eigenvalue weighted by molar-refractivity contribution is -0.166. The van der Waals surface area contributed by atoms with Crippen LogP contribution in [0.2, 0.25) is 0 Å². The minimum Gasteiger partial charge on any atom is -0.463 e. The van der Waals surface area contributed by atoms with E-state index in [1.807, 2.05) is 0 Å². The zero-order valence-electron chi connectivity index (χ0n) is 20.8. The van der Waals surface area contributed by atoms with Gasteiger partial charge in [0.25, 0.3) is 0 Å². The molecule has 0 saturated heterocycles. The fourth-order valence-corrected chi connectivity index (χ4v) is 3.88. The number of unbranched alkanes of at least 4 members (excludes halogenated alkanes) is 17. The van der Waals surface area contributed by atoms with Gasteiger partial charge in [0.15, 0.2) is 6.10 Å². The van der Waals surface area contributed by atoms with Crippen molar-refractivity contribution >= 4 is 11.9 Å². The molecule has 0 spiro atoms. The summed E-state index contributed by atoms with van der Waals surface area (Å²) in [4.78, 5) is 23.5. The number of hydrogen-bond acceptors (Lipinski definition) is 4. The number of rotatable bonds is 23. The van der Waals surface area contributed by atoms with E-state index >= 15 is 0 Å². The molecule has 1 unspecified atom stereocenters. The Bertz CT molecular complexity index is 408. The van der Waals surface area contributed by atoms with E-state index in [4.69, 9.17) is 9.47 Å². The first-order chi connectivity index (χ1) is 15.1. The second kappa shape index (κ2) is 23.6. The molecule has 0 N–H and O–H groups in total. The van der Waals surface area contributed by atoms with E-state index in [2.05, 4.69) is 20.8 Å². The zero-order chi connectivity index (χ0) is 23.0. The van der Waals surface area contributed by atoms with Crippen LogP contribution < -0.4 is 0 Å². The topological polar surface area (TPSA) is 52.6 Å². The van der Waals surface area contributed by atoms with Crippen molar-refractivity contribution in [3.05, 3.63) is 6.92 Å². The molecule has 0 saturated carbocycles. The summed E-state index contributed by atoms with van der Waals surface area (Å²) in [7, 11) is 0. The van der Waals surface area contributed by atoms with Crippen molar-refractivity contribution in [2.45, 2.75) is 148 Å². The van der Waals surface area contributed by atoms with Gasteiger partial charge in [-0.15, -0.1) is 0 Å². The molecule has 31 heavy (non-hydrogen) atoms. The summed E-state index contributed by atoms with van der Waals surface area (Å²) >= 11 is 0. The summed E-state index contributed by atoms with van der Waals surface area (Å²) < 4.78 is 10.5. The number of hydrogen-bond donors (Lipinski definition) is 0. The Balaban J connectivity index is 3.74. The highest BCUT2D eigenvalue weighted by Crippen LogP contribution is 2.14. The summed E-state index contributed by atoms with van der Waals surface area (Å²) in [5.41, 5.74) is 0. The van der Waals surface area contributed by atoms with E-state index in [0.29, 0.717) is 13.0 Å². The van der Waals surface area contributed by atoms with Crippen LogP contribution in [0.4, 0.5) is 0 Å². The Hall–Kier alpha value is -1.06. The number of carbonyl (C=O) groups excluding carboxylic acids is 2. The molecule has 0 fully saturated rings. The summed E-state index contributed by atoms with van der Waals surface area (Å²) in [6.07, 6.45) is 23.1. The Morgan fingerprint density at radius 2 is 1.00 bits per heavy atom. The van der Waals surface area contributed by atoms with E-state index < -0.39 is 18.0 Å². The van der Waals surface area contributed by atoms with Crippen molar-refractivity contribution in [3.8, 4) is 0 Å². The fourth-order valence-electron chi connectivity index (χ4n) is 3.88. The lowest BCUT2D eigenvalue weighted by Crippen LogP contribution is -2.28. The van der Waals surface area contributed by atoms with E-state index in [1.165, 1.54) is 96.3 Å². The Morgan fingerprint density at radius 3 is 1.42 bits per heavy atom. The fraction of sp³-hybridized carbons (Fsp3) is 0.889. The second-order valence-electron chi connectivity index (χ2n) is 8.95. The third-order valence-electron chi connectivity index (χ3n) is 5.85. The SMILES string of the molecule is [CH2]C(=O)OC(CCCCCCCCCCC)C(=O)OCCCCCCCCCCCC. The van der Waals surface area contributed by atoms with E-state index in [0.717, 1.165) is 25.7 Å². The maximum absolute atomic E-state index is 12.3. The normalized spacial score (nSPS) is 12.0. The highest BCUT2D eigenvalue weighted by molar-refractivity contribution is 5.81. The number of carbonyl (C=O) groups is 2. The van der Waals surface area contributed by atoms with Gasteiger partial charge in [0.1, 0.15) is 0 Å². The van der Waals surface area contributed by atoms with Gasteiger partial charge in [-0.3, -0.25) is 4.79 Å². The predicted molar refractivity (Wildman–Crippen MR) is 130 cm³/mol. The van der Waals surface area contributed by atoms with Crippen molar-refractivity contribution < 1.29 is 19.1 Å². The first-order valence-corrected chi connectivity index (χ1v) is 13.3. The van der Waals surface area contributed by atoms with Crippen LogP contribution in [0.1, 0.15) is 142 Å². The van der Waals surface area contributed by atoms with Gasteiger partial charge >= 0.3 is 11.9 Å². The highest BCUT2D eigenvalue weighted by Gasteiger charge is 2.22. The van der Waals surface area contributed by atoms with Crippen molar-refractivity contribution in [2.24, 2.45) is 0 Å². The number of ether oxygens (including phenoxy) is 2. The molecule has 0 heterocycles. The zero-order valence-corrected chi connectivity index (χ0v) is 20.8. The van der Waals surface area contributed by atoms with Crippen LogP contribution in [0, 0.1) is 6.92 Å². The largest absolute Gasteiger partial charge is 0.463 e. The Labute approximate surface area is 193 Å². The van der Waals surface area contributed by atoms with Crippen LogP contribution >= 0.6 is 0 Å². The van der Waals surface area contributed by atoms with Crippen LogP contribution in [0.5, 0.6) is 0 Å². The molecule has 0 amide bonds. The summed E-state index contributed by atoms with van der Waals surface area (Å²) in [6.45, 7) is 8.14. The molecule has 0 bridgehead atoms. The first-order valence-electron chi connectivity index (χ1n) is 13.3. The third kappa shape index (κ3) is 21.9. The average molecular weight is 440 g/mol. The molecule has 1 atom stereocenters. The smallest absolute Gasteiger partial charge is 0.347 e. The van der Waals surface area contributed by atoms with Crippen LogP contribution in [-0.4, -0.2) is 24.6 Å². The minimum absolute atomic E-state index is 0.410. The van der Waals surface area contributed by atoms with Gasteiger partial charge in [-0.25, -0.2) is 4.79 Å². The quantitative estimate of drug-likeness (QED) is 0.119. The lowest BCUT2D eigenvalue weighted by atomic mass is 10.0. The molecule has 4 heteroatoms. The first kappa shape index (κ1) is 29.9. The molecule has 0 aliphatic rings. The second-order valence-corrected chi connectivity index (χ2v) is 8.95. The van der Waals surface area contributed by atoms with Gasteiger partial charge in [-0.05, 0) is 19.3 Å². The third-order valence-corrected chi connectivity index (χ3v) is 5.85. The van der Waals surface area contributed by atoms with Gasteiger partial charge in [0, 0.05) is 0 Å². The molecule has 0 rings (SSSR count). The van der Waals surface area contributed by atoms with E-state index in [9.17, 15) is 9.59 Å². The van der Waals surface area contributed by atoms with E-state index in [1.54, 1.807) is 0 Å². The van der Waals surface area contributed by atoms with Crippen molar-refractivity contribution in [1.29, 1.82) is 0 Å². The van der Waals surface area contributed by atoms with Crippen LogP contribution in [-0.2, 0) is 19.1 Å². The van der Waals surface area contributed by atoms with Gasteiger partial charge in [-0.2, -0.15) is 0 Å². The molecule has 4 nitrogen and oxygen atoms in total. The predicted octanol–water partition coefficient (Wildman–Crippen LogP) is 8.12. The molecule has 0 aromatic heterocycles. The van der Waals surface area contributed by atoms with Crippen molar-refractivity contribution in [2.75, 3.05) is 6.61 Å². The monoisotopic (exact) mass is 439 g/mol. The average Bonchev–Trinajstić information content (AvgIpc) is 2.75. The summed E-state index contributed by atoms with van der Waals surface area (Å²) in [6, 6.07) is 0. The van der Waals surface area contributed by atoms with Gasteiger partial charge < -0.3 is 9.47 Å². The maximum Gasteiger partial charge on any atom is 0.347 e. The molecule has 0 aliphatic carbocycles. The molecule has 0 aromatic carbocycles. The molecule has 0 aromatic rings. The molecule has 183 valence electrons. The van der Waals surface area contributed by atoms with Crippen LogP contribution in [0.15, 0.2) is 0 Å². The van der Waals surface area contributed by atoms with Crippen molar-refractivity contribution in [3.63, 3.8) is 0 Å². The molecule has 1 radical (unpaired) electrons. The van der Waals surface area contributed by atoms with Gasteiger partial charge in [0.05, 0.1) is 13.5 Å². The Kier molecular flexibility index (Phi) is 22.8. The van der Waals surface area contributed by atoms with Crippen LogP contribution in [0.25, 0.3) is 0 Å². The Morgan fingerprint density at radius 1 is 0.613 bits per heavy atom. The maximum atomic E-state index is 12.3. The van der Waals surface area contributed by atoms with Crippen LogP contribution in [0.3, 0.4) is 0 Å². The lowest BCUT2D eigenvalue weighted by Gasteiger charge is -2.16. The van der Waals surface area contributed by atoms with Crippen molar-refractivity contribution in [1.82, 2.24) is 0 Å². The summed E-state index contributed by atoms with van der Waals surface area (Å²) in [5, 5.41) is 0. The summed E-state index contributed by atoms with van der Waals surface area (Å²) in [5.74, 6) is -1.07. The van der Waals surface area contributed by atoms with E-state index in [-0.39, 0.29) is 0 Å². The molecular formula is C27H51O4. The van der Waals surface area contributed by atoms with Gasteiger partial charge in [0.2, 0.25) is 0 Å². The standard InChI is InChI=1S/C27H51O4/c1-4-6-8-10-12-14-16-18-20-22-24-30-27(29)26(31-25(3)28)23-21-19-17-15-13-11-9-7-5-2/h26H,3-24H2,1-2H3. The molecular weight excluding hydrogens is 388 g/mol. The van der Waals surface area contributed by atoms with Gasteiger partial charge in [-0.1, -0.05) is 123 Å². The minimum atomic E-state index is -0.794. The number of esters is 2. The highest BCUT2D eigenvalue weighted by atomic mass is 16.6. The molecule has 0 aliphatic heterocycles.